The van der Waals surface area contributed by atoms with Crippen LogP contribution in [0, 0.1) is 5.92 Å². The normalized spacial score (nSPS) is 32.3. The first kappa shape index (κ1) is 13.3. The van der Waals surface area contributed by atoms with Crippen molar-refractivity contribution in [3.63, 3.8) is 0 Å². The van der Waals surface area contributed by atoms with E-state index in [-0.39, 0.29) is 0 Å². The van der Waals surface area contributed by atoms with Crippen molar-refractivity contribution in [3.05, 3.63) is 0 Å². The van der Waals surface area contributed by atoms with Crippen LogP contribution in [-0.4, -0.2) is 55.1 Å². The zero-order valence-corrected chi connectivity index (χ0v) is 11.6. The van der Waals surface area contributed by atoms with Crippen LogP contribution in [0.4, 0.5) is 0 Å². The van der Waals surface area contributed by atoms with Crippen molar-refractivity contribution in [3.8, 4) is 0 Å². The Balaban J connectivity index is 2.01. The number of hydrogen-bond acceptors (Lipinski definition) is 3. The van der Waals surface area contributed by atoms with Gasteiger partial charge in [0.1, 0.15) is 0 Å². The second-order valence-corrected chi connectivity index (χ2v) is 6.25. The largest absolute Gasteiger partial charge is 0.329 e. The van der Waals surface area contributed by atoms with Gasteiger partial charge in [-0.05, 0) is 71.2 Å². The van der Waals surface area contributed by atoms with Crippen molar-refractivity contribution < 1.29 is 0 Å². The second kappa shape index (κ2) is 5.68. The van der Waals surface area contributed by atoms with Gasteiger partial charge in [-0.1, -0.05) is 6.92 Å². The predicted molar refractivity (Wildman–Crippen MR) is 73.1 cm³/mol. The predicted octanol–water partition coefficient (Wildman–Crippen LogP) is 1.53. The van der Waals surface area contributed by atoms with Gasteiger partial charge in [-0.15, -0.1) is 0 Å². The molecule has 2 aliphatic heterocycles. The van der Waals surface area contributed by atoms with Gasteiger partial charge < -0.3 is 10.6 Å². The molecule has 1 atom stereocenters. The van der Waals surface area contributed by atoms with Gasteiger partial charge in [0.15, 0.2) is 0 Å². The molecule has 2 rings (SSSR count). The lowest BCUT2D eigenvalue weighted by Gasteiger charge is -2.47. The van der Waals surface area contributed by atoms with E-state index in [0.29, 0.717) is 5.54 Å². The van der Waals surface area contributed by atoms with Crippen LogP contribution >= 0.6 is 0 Å². The number of nitrogens with two attached hydrogens (primary N) is 1. The van der Waals surface area contributed by atoms with Gasteiger partial charge in [0.05, 0.1) is 0 Å². The van der Waals surface area contributed by atoms with Crippen molar-refractivity contribution in [1.29, 1.82) is 0 Å². The van der Waals surface area contributed by atoms with Crippen molar-refractivity contribution >= 4 is 0 Å². The van der Waals surface area contributed by atoms with Crippen LogP contribution in [0.25, 0.3) is 0 Å². The highest BCUT2D eigenvalue weighted by atomic mass is 15.2. The molecule has 0 spiro atoms. The number of nitrogens with zero attached hydrogens (tertiary/aromatic N) is 2. The molecule has 2 N–H and O–H groups in total. The fourth-order valence-corrected chi connectivity index (χ4v) is 3.42. The van der Waals surface area contributed by atoms with Crippen LogP contribution in [0.3, 0.4) is 0 Å². The van der Waals surface area contributed by atoms with E-state index < -0.39 is 0 Å². The minimum Gasteiger partial charge on any atom is -0.329 e. The fourth-order valence-electron chi connectivity index (χ4n) is 3.42. The highest BCUT2D eigenvalue weighted by Gasteiger charge is 2.38. The van der Waals surface area contributed by atoms with Crippen LogP contribution in [0.5, 0.6) is 0 Å². The Hall–Kier alpha value is -0.120. The molecule has 2 fully saturated rings. The van der Waals surface area contributed by atoms with Gasteiger partial charge in [0.2, 0.25) is 0 Å². The van der Waals surface area contributed by atoms with Crippen LogP contribution in [0.15, 0.2) is 0 Å². The summed E-state index contributed by atoms with van der Waals surface area (Å²) in [7, 11) is 2.23. The second-order valence-electron chi connectivity index (χ2n) is 6.25. The third kappa shape index (κ3) is 3.01. The van der Waals surface area contributed by atoms with E-state index in [9.17, 15) is 0 Å². The summed E-state index contributed by atoms with van der Waals surface area (Å²) in [6, 6.07) is 0. The molecule has 100 valence electrons. The van der Waals surface area contributed by atoms with E-state index in [2.05, 4.69) is 23.8 Å². The lowest BCUT2D eigenvalue weighted by molar-refractivity contribution is 0.0357. The summed E-state index contributed by atoms with van der Waals surface area (Å²) in [6.07, 6.45) is 6.64. The number of likely N-dealkylation sites (tertiary alicyclic amines) is 2. The number of rotatable bonds is 2. The van der Waals surface area contributed by atoms with Gasteiger partial charge in [-0.3, -0.25) is 4.90 Å². The molecular formula is C14H29N3. The van der Waals surface area contributed by atoms with Crippen molar-refractivity contribution in [2.24, 2.45) is 11.7 Å². The molecule has 2 saturated heterocycles. The lowest BCUT2D eigenvalue weighted by atomic mass is 9.85. The molecule has 1 unspecified atom stereocenters. The van der Waals surface area contributed by atoms with Crippen molar-refractivity contribution in [1.82, 2.24) is 9.80 Å². The maximum atomic E-state index is 6.14. The van der Waals surface area contributed by atoms with Crippen molar-refractivity contribution in [2.45, 2.75) is 44.6 Å². The Morgan fingerprint density at radius 1 is 1.12 bits per heavy atom. The van der Waals surface area contributed by atoms with Gasteiger partial charge in [-0.25, -0.2) is 0 Å². The SMILES string of the molecule is CC1CCCN(C2(CN)CCN(C)CC2)CC1. The molecule has 2 heterocycles. The number of piperidine rings is 1. The van der Waals surface area contributed by atoms with E-state index in [1.165, 1.54) is 58.3 Å². The summed E-state index contributed by atoms with van der Waals surface area (Å²) in [5.74, 6) is 0.904. The average molecular weight is 239 g/mol. The molecule has 0 bridgehead atoms. The Morgan fingerprint density at radius 3 is 2.47 bits per heavy atom. The van der Waals surface area contributed by atoms with Crippen LogP contribution in [0.2, 0.25) is 0 Å². The highest BCUT2D eigenvalue weighted by Crippen LogP contribution is 2.30. The molecule has 2 aliphatic rings. The number of hydrogen-bond donors (Lipinski definition) is 1. The Morgan fingerprint density at radius 2 is 1.82 bits per heavy atom. The van der Waals surface area contributed by atoms with Crippen LogP contribution in [-0.2, 0) is 0 Å². The zero-order chi connectivity index (χ0) is 12.3. The van der Waals surface area contributed by atoms with Crippen LogP contribution in [0.1, 0.15) is 39.0 Å². The van der Waals surface area contributed by atoms with Crippen LogP contribution < -0.4 is 5.73 Å². The Bertz CT molecular complexity index is 234. The van der Waals surface area contributed by atoms with Crippen molar-refractivity contribution in [2.75, 3.05) is 39.8 Å². The van der Waals surface area contributed by atoms with Gasteiger partial charge in [0.25, 0.3) is 0 Å². The van der Waals surface area contributed by atoms with E-state index in [4.69, 9.17) is 5.73 Å². The van der Waals surface area contributed by atoms with E-state index in [1.807, 2.05) is 0 Å². The summed E-state index contributed by atoms with van der Waals surface area (Å²) in [5.41, 5.74) is 6.46. The maximum absolute atomic E-state index is 6.14. The molecule has 0 aromatic heterocycles. The average Bonchev–Trinajstić information content (AvgIpc) is 2.56. The molecule has 0 saturated carbocycles. The first-order chi connectivity index (χ1) is 8.16. The van der Waals surface area contributed by atoms with Gasteiger partial charge >= 0.3 is 0 Å². The van der Waals surface area contributed by atoms with E-state index in [1.54, 1.807) is 0 Å². The minimum atomic E-state index is 0.316. The Kier molecular flexibility index (Phi) is 4.45. The smallest absolute Gasteiger partial charge is 0.0356 e. The Labute approximate surface area is 106 Å². The molecule has 0 aliphatic carbocycles. The quantitative estimate of drug-likeness (QED) is 0.793. The van der Waals surface area contributed by atoms with E-state index >= 15 is 0 Å². The maximum Gasteiger partial charge on any atom is 0.0356 e. The highest BCUT2D eigenvalue weighted by molar-refractivity contribution is 4.96. The molecule has 17 heavy (non-hydrogen) atoms. The topological polar surface area (TPSA) is 32.5 Å². The third-order valence-electron chi connectivity index (χ3n) is 4.99. The molecular weight excluding hydrogens is 210 g/mol. The fraction of sp³-hybridized carbons (Fsp3) is 1.00. The summed E-state index contributed by atoms with van der Waals surface area (Å²) in [4.78, 5) is 5.16. The summed E-state index contributed by atoms with van der Waals surface area (Å²) < 4.78 is 0. The summed E-state index contributed by atoms with van der Waals surface area (Å²) >= 11 is 0. The first-order valence-electron chi connectivity index (χ1n) is 7.30. The molecule has 0 radical (unpaired) electrons. The first-order valence-corrected chi connectivity index (χ1v) is 7.30. The zero-order valence-electron chi connectivity index (χ0n) is 11.6. The van der Waals surface area contributed by atoms with Gasteiger partial charge in [-0.2, -0.15) is 0 Å². The molecule has 0 aromatic rings. The molecule has 3 heteroatoms. The lowest BCUT2D eigenvalue weighted by Crippen LogP contribution is -2.59. The third-order valence-corrected chi connectivity index (χ3v) is 4.99. The van der Waals surface area contributed by atoms with Gasteiger partial charge in [0, 0.05) is 12.1 Å². The standard InChI is InChI=1S/C14H29N3/c1-13-4-3-8-17(9-5-13)14(12-15)6-10-16(2)11-7-14/h13H,3-12,15H2,1-2H3. The molecule has 3 nitrogen and oxygen atoms in total. The summed E-state index contributed by atoms with van der Waals surface area (Å²) in [6.45, 7) is 8.20. The van der Waals surface area contributed by atoms with E-state index in [0.717, 1.165) is 12.5 Å². The minimum absolute atomic E-state index is 0.316. The summed E-state index contributed by atoms with van der Waals surface area (Å²) in [5, 5.41) is 0. The monoisotopic (exact) mass is 239 g/mol. The molecule has 0 amide bonds. The molecule has 0 aromatic carbocycles.